The van der Waals surface area contributed by atoms with Gasteiger partial charge in [0.1, 0.15) is 5.52 Å². The Morgan fingerprint density at radius 3 is 2.48 bits per heavy atom. The summed E-state index contributed by atoms with van der Waals surface area (Å²) in [5.74, 6) is 0.725. The first-order valence-corrected chi connectivity index (χ1v) is 11.3. The van der Waals surface area contributed by atoms with E-state index in [-0.39, 0.29) is 11.0 Å². The Labute approximate surface area is 199 Å². The van der Waals surface area contributed by atoms with Crippen LogP contribution in [0.25, 0.3) is 22.6 Å². The van der Waals surface area contributed by atoms with Crippen molar-refractivity contribution >= 4 is 40.0 Å². The number of aromatic nitrogens is 1. The highest BCUT2D eigenvalue weighted by Crippen LogP contribution is 2.29. The van der Waals surface area contributed by atoms with E-state index in [1.165, 1.54) is 5.56 Å². The van der Waals surface area contributed by atoms with E-state index in [1.54, 1.807) is 0 Å². The molecule has 1 aromatic heterocycles. The van der Waals surface area contributed by atoms with Crippen molar-refractivity contribution in [3.63, 3.8) is 0 Å². The number of aryl methyl sites for hydroxylation is 3. The molecule has 2 N–H and O–H groups in total. The van der Waals surface area contributed by atoms with Gasteiger partial charge < -0.3 is 9.73 Å². The largest absolute Gasteiger partial charge is 0.436 e. The van der Waals surface area contributed by atoms with Crippen LogP contribution in [0.1, 0.15) is 52.4 Å². The fraction of sp³-hybridized carbons (Fsp3) is 0.222. The van der Waals surface area contributed by atoms with E-state index in [0.717, 1.165) is 39.0 Å². The Balaban J connectivity index is 1.54. The van der Waals surface area contributed by atoms with E-state index in [9.17, 15) is 4.79 Å². The van der Waals surface area contributed by atoms with Crippen LogP contribution in [0.15, 0.2) is 59.0 Å². The number of nitrogens with zero attached hydrogens (tertiary/aromatic N) is 1. The number of benzene rings is 3. The van der Waals surface area contributed by atoms with Crippen molar-refractivity contribution in [1.82, 2.24) is 10.3 Å². The molecule has 1 heterocycles. The molecule has 0 radical (unpaired) electrons. The van der Waals surface area contributed by atoms with E-state index in [2.05, 4.69) is 41.6 Å². The van der Waals surface area contributed by atoms with Gasteiger partial charge in [-0.3, -0.25) is 10.1 Å². The third-order valence-electron chi connectivity index (χ3n) is 5.66. The third kappa shape index (κ3) is 4.96. The predicted molar refractivity (Wildman–Crippen MR) is 138 cm³/mol. The Morgan fingerprint density at radius 1 is 0.970 bits per heavy atom. The quantitative estimate of drug-likeness (QED) is 0.335. The molecular formula is C27H27N3O2S. The molecule has 1 amide bonds. The number of fused-ring (bicyclic) bond motifs is 1. The maximum Gasteiger partial charge on any atom is 0.257 e. The van der Waals surface area contributed by atoms with E-state index in [0.29, 0.717) is 17.4 Å². The molecule has 0 aliphatic carbocycles. The number of oxazole rings is 1. The number of nitrogens with one attached hydrogen (secondary N) is 2. The number of thiocarbonyl (C=S) groups is 1. The van der Waals surface area contributed by atoms with Gasteiger partial charge in [-0.25, -0.2) is 4.98 Å². The van der Waals surface area contributed by atoms with Crippen LogP contribution in [-0.2, 0) is 0 Å². The minimum Gasteiger partial charge on any atom is -0.436 e. The van der Waals surface area contributed by atoms with Crippen molar-refractivity contribution in [3.8, 4) is 11.5 Å². The summed E-state index contributed by atoms with van der Waals surface area (Å²) in [7, 11) is 0. The number of carbonyl (C=O) groups excluding carboxylic acids is 1. The average Bonchev–Trinajstić information content (AvgIpc) is 3.18. The second-order valence-electron chi connectivity index (χ2n) is 8.66. The van der Waals surface area contributed by atoms with Gasteiger partial charge in [0.25, 0.3) is 5.91 Å². The minimum atomic E-state index is -0.237. The summed E-state index contributed by atoms with van der Waals surface area (Å²) >= 11 is 5.41. The van der Waals surface area contributed by atoms with Crippen molar-refractivity contribution in [2.24, 2.45) is 0 Å². The van der Waals surface area contributed by atoms with Gasteiger partial charge in [0.2, 0.25) is 5.89 Å². The molecule has 0 aliphatic rings. The summed E-state index contributed by atoms with van der Waals surface area (Å²) in [5.41, 5.74) is 8.02. The Kier molecular flexibility index (Phi) is 6.29. The van der Waals surface area contributed by atoms with Crippen molar-refractivity contribution in [2.45, 2.75) is 40.5 Å². The van der Waals surface area contributed by atoms with Crippen LogP contribution in [0.5, 0.6) is 0 Å². The average molecular weight is 458 g/mol. The lowest BCUT2D eigenvalue weighted by Gasteiger charge is -2.13. The standard InChI is InChI=1S/C27H27N3O2S/c1-15(2)19-9-11-24-23(13-19)28-26(32-24)20-8-7-17(4)22(14-20)29-27(33)30-25(31)21-10-6-16(3)12-18(21)5/h6-15H,1-5H3,(H2,29,30,31,33). The van der Waals surface area contributed by atoms with Gasteiger partial charge in [-0.15, -0.1) is 0 Å². The smallest absolute Gasteiger partial charge is 0.257 e. The molecule has 0 bridgehead atoms. The van der Waals surface area contributed by atoms with Crippen molar-refractivity contribution < 1.29 is 9.21 Å². The molecule has 5 nitrogen and oxygen atoms in total. The first-order valence-electron chi connectivity index (χ1n) is 10.9. The second-order valence-corrected chi connectivity index (χ2v) is 9.07. The van der Waals surface area contributed by atoms with E-state index < -0.39 is 0 Å². The molecule has 4 aromatic rings. The summed E-state index contributed by atoms with van der Waals surface area (Å²) in [5, 5.41) is 6.15. The molecule has 0 fully saturated rings. The molecule has 0 aliphatic heterocycles. The van der Waals surface area contributed by atoms with E-state index in [4.69, 9.17) is 16.6 Å². The SMILES string of the molecule is Cc1ccc(C(=O)NC(=S)Nc2cc(-c3nc4cc(C(C)C)ccc4o3)ccc2C)c(C)c1. The normalized spacial score (nSPS) is 11.1. The van der Waals surface area contributed by atoms with E-state index >= 15 is 0 Å². The summed E-state index contributed by atoms with van der Waals surface area (Å²) in [6.07, 6.45) is 0. The first kappa shape index (κ1) is 22.7. The topological polar surface area (TPSA) is 67.2 Å². The van der Waals surface area contributed by atoms with Crippen LogP contribution in [0.4, 0.5) is 5.69 Å². The van der Waals surface area contributed by atoms with Crippen LogP contribution in [0.3, 0.4) is 0 Å². The van der Waals surface area contributed by atoms with Crippen LogP contribution in [0, 0.1) is 20.8 Å². The lowest BCUT2D eigenvalue weighted by molar-refractivity contribution is 0.0977. The lowest BCUT2D eigenvalue weighted by atomic mass is 10.0. The summed E-state index contributed by atoms with van der Waals surface area (Å²) < 4.78 is 5.99. The number of rotatable bonds is 4. The Morgan fingerprint density at radius 2 is 1.76 bits per heavy atom. The molecule has 168 valence electrons. The van der Waals surface area contributed by atoms with Crippen molar-refractivity contribution in [3.05, 3.63) is 82.4 Å². The van der Waals surface area contributed by atoms with Crippen LogP contribution >= 0.6 is 12.2 Å². The van der Waals surface area contributed by atoms with Gasteiger partial charge in [0.05, 0.1) is 0 Å². The van der Waals surface area contributed by atoms with Gasteiger partial charge in [-0.05, 0) is 85.9 Å². The zero-order chi connectivity index (χ0) is 23.7. The summed E-state index contributed by atoms with van der Waals surface area (Å²) in [4.78, 5) is 17.3. The Hall–Kier alpha value is -3.51. The predicted octanol–water partition coefficient (Wildman–Crippen LogP) is 6.67. The Bertz CT molecular complexity index is 1370. The number of hydrogen-bond acceptors (Lipinski definition) is 4. The van der Waals surface area contributed by atoms with Gasteiger partial charge in [0.15, 0.2) is 10.7 Å². The molecule has 0 saturated carbocycles. The number of amides is 1. The highest BCUT2D eigenvalue weighted by atomic mass is 32.1. The number of anilines is 1. The van der Waals surface area contributed by atoms with Gasteiger partial charge in [0, 0.05) is 16.8 Å². The monoisotopic (exact) mass is 457 g/mol. The van der Waals surface area contributed by atoms with Crippen molar-refractivity contribution in [1.29, 1.82) is 0 Å². The van der Waals surface area contributed by atoms with Crippen LogP contribution in [-0.4, -0.2) is 16.0 Å². The zero-order valence-electron chi connectivity index (χ0n) is 19.4. The molecule has 0 spiro atoms. The highest BCUT2D eigenvalue weighted by molar-refractivity contribution is 7.80. The summed E-state index contributed by atoms with van der Waals surface area (Å²) in [6, 6.07) is 17.7. The number of hydrogen-bond donors (Lipinski definition) is 2. The maximum atomic E-state index is 12.7. The van der Waals surface area contributed by atoms with Gasteiger partial charge >= 0.3 is 0 Å². The summed E-state index contributed by atoms with van der Waals surface area (Å²) in [6.45, 7) is 10.2. The molecule has 4 rings (SSSR count). The third-order valence-corrected chi connectivity index (χ3v) is 5.87. The molecule has 6 heteroatoms. The van der Waals surface area contributed by atoms with E-state index in [1.807, 2.05) is 63.2 Å². The van der Waals surface area contributed by atoms with Gasteiger partial charge in [-0.2, -0.15) is 0 Å². The van der Waals surface area contributed by atoms with Crippen molar-refractivity contribution in [2.75, 3.05) is 5.32 Å². The molecule has 33 heavy (non-hydrogen) atoms. The molecule has 0 saturated heterocycles. The first-order chi connectivity index (χ1) is 15.7. The lowest BCUT2D eigenvalue weighted by Crippen LogP contribution is -2.34. The van der Waals surface area contributed by atoms with Gasteiger partial charge in [-0.1, -0.05) is 43.7 Å². The van der Waals surface area contributed by atoms with Crippen LogP contribution < -0.4 is 10.6 Å². The maximum absolute atomic E-state index is 12.7. The molecule has 3 aromatic carbocycles. The number of carbonyl (C=O) groups is 1. The van der Waals surface area contributed by atoms with Crippen LogP contribution in [0.2, 0.25) is 0 Å². The highest BCUT2D eigenvalue weighted by Gasteiger charge is 2.14. The minimum absolute atomic E-state index is 0.236. The molecular weight excluding hydrogens is 430 g/mol. The molecule has 0 atom stereocenters. The zero-order valence-corrected chi connectivity index (χ0v) is 20.3. The fourth-order valence-electron chi connectivity index (χ4n) is 3.71. The second kappa shape index (κ2) is 9.16. The molecule has 0 unspecified atom stereocenters. The fourth-order valence-corrected chi connectivity index (χ4v) is 3.91.